The highest BCUT2D eigenvalue weighted by molar-refractivity contribution is 5.58. The zero-order valence-corrected chi connectivity index (χ0v) is 10.7. The Morgan fingerprint density at radius 3 is 2.47 bits per heavy atom. The minimum absolute atomic E-state index is 0.00875. The molecule has 0 spiro atoms. The van der Waals surface area contributed by atoms with Crippen molar-refractivity contribution in [2.75, 3.05) is 24.7 Å². The normalized spacial score (nSPS) is 10.8. The molecule has 0 bridgehead atoms. The lowest BCUT2D eigenvalue weighted by Gasteiger charge is -2.10. The molecule has 7 nitrogen and oxygen atoms in total. The van der Waals surface area contributed by atoms with E-state index in [0.717, 1.165) is 0 Å². The molecular formula is C12H14N6O. The number of hydrogen-bond donors (Lipinski definition) is 2. The van der Waals surface area contributed by atoms with Crippen LogP contribution in [0.2, 0.25) is 0 Å². The van der Waals surface area contributed by atoms with Crippen LogP contribution in [0.15, 0.2) is 45.4 Å². The van der Waals surface area contributed by atoms with Crippen molar-refractivity contribution in [3.63, 3.8) is 0 Å². The summed E-state index contributed by atoms with van der Waals surface area (Å²) in [7, 11) is 3.51. The Kier molecular flexibility index (Phi) is 3.56. The van der Waals surface area contributed by atoms with Gasteiger partial charge in [0.1, 0.15) is 0 Å². The average molecular weight is 258 g/mol. The predicted molar refractivity (Wildman–Crippen MR) is 74.2 cm³/mol. The molecule has 3 N–H and O–H groups in total. The fourth-order valence-corrected chi connectivity index (χ4v) is 1.38. The van der Waals surface area contributed by atoms with Gasteiger partial charge in [-0.15, -0.1) is 5.11 Å². The summed E-state index contributed by atoms with van der Waals surface area (Å²) in [6.07, 6.45) is 0. The number of aromatic nitrogens is 2. The quantitative estimate of drug-likeness (QED) is 0.820. The fourth-order valence-electron chi connectivity index (χ4n) is 1.38. The lowest BCUT2D eigenvalue weighted by molar-refractivity contribution is 0.979. The standard InChI is InChI=1S/C12H14N6O/c1-18(2)12-14-10(13)9(11(19)15-12)17-16-8-6-4-3-5-7-8/h3-7H,1-2H3,(H3,13,14,15,19). The average Bonchev–Trinajstić information content (AvgIpc) is 2.38. The number of H-pyrrole nitrogens is 1. The summed E-state index contributed by atoms with van der Waals surface area (Å²) in [5.74, 6) is 0.424. The molecule has 2 aromatic rings. The largest absolute Gasteiger partial charge is 0.382 e. The lowest BCUT2D eigenvalue weighted by Crippen LogP contribution is -2.19. The van der Waals surface area contributed by atoms with Gasteiger partial charge in [0.25, 0.3) is 5.56 Å². The van der Waals surface area contributed by atoms with Gasteiger partial charge in [-0.2, -0.15) is 10.1 Å². The van der Waals surface area contributed by atoms with E-state index in [0.29, 0.717) is 11.6 Å². The summed E-state index contributed by atoms with van der Waals surface area (Å²) >= 11 is 0. The molecule has 98 valence electrons. The number of rotatable bonds is 3. The molecule has 7 heteroatoms. The van der Waals surface area contributed by atoms with Crippen LogP contribution in [0.1, 0.15) is 0 Å². The predicted octanol–water partition coefficient (Wildman–Crippen LogP) is 1.83. The summed E-state index contributed by atoms with van der Waals surface area (Å²) in [5.41, 5.74) is 5.94. The maximum absolute atomic E-state index is 11.8. The van der Waals surface area contributed by atoms with E-state index in [1.54, 1.807) is 31.1 Å². The molecule has 0 unspecified atom stereocenters. The van der Waals surface area contributed by atoms with Crippen molar-refractivity contribution in [3.05, 3.63) is 40.7 Å². The Hall–Kier alpha value is -2.70. The zero-order valence-electron chi connectivity index (χ0n) is 10.7. The monoisotopic (exact) mass is 258 g/mol. The summed E-state index contributed by atoms with van der Waals surface area (Å²) < 4.78 is 0. The fraction of sp³-hybridized carbons (Fsp3) is 0.167. The van der Waals surface area contributed by atoms with Crippen LogP contribution >= 0.6 is 0 Å². The van der Waals surface area contributed by atoms with Crippen LogP contribution < -0.4 is 16.2 Å². The first-order valence-corrected chi connectivity index (χ1v) is 5.62. The Bertz CT molecular complexity index is 647. The third kappa shape index (κ3) is 2.95. The first-order valence-electron chi connectivity index (χ1n) is 5.62. The second-order valence-electron chi connectivity index (χ2n) is 4.05. The second kappa shape index (κ2) is 5.30. The van der Waals surface area contributed by atoms with E-state index in [9.17, 15) is 4.79 Å². The highest BCUT2D eigenvalue weighted by Crippen LogP contribution is 2.19. The number of nitrogens with one attached hydrogen (secondary N) is 1. The Morgan fingerprint density at radius 2 is 1.89 bits per heavy atom. The SMILES string of the molecule is CN(C)c1nc(N)c(N=Nc2ccccc2)c(=O)[nH]1. The first-order chi connectivity index (χ1) is 9.08. The minimum Gasteiger partial charge on any atom is -0.382 e. The van der Waals surface area contributed by atoms with Crippen molar-refractivity contribution >= 4 is 23.1 Å². The highest BCUT2D eigenvalue weighted by atomic mass is 16.1. The smallest absolute Gasteiger partial charge is 0.282 e. The Morgan fingerprint density at radius 1 is 1.21 bits per heavy atom. The van der Waals surface area contributed by atoms with Crippen molar-refractivity contribution in [2.24, 2.45) is 10.2 Å². The topological polar surface area (TPSA) is 99.7 Å². The summed E-state index contributed by atoms with van der Waals surface area (Å²) in [4.78, 5) is 20.1. The molecule has 0 saturated heterocycles. The number of azo groups is 1. The highest BCUT2D eigenvalue weighted by Gasteiger charge is 2.09. The van der Waals surface area contributed by atoms with Gasteiger partial charge in [-0.05, 0) is 12.1 Å². The summed E-state index contributed by atoms with van der Waals surface area (Å²) in [6, 6.07) is 9.07. The van der Waals surface area contributed by atoms with Crippen molar-refractivity contribution in [1.82, 2.24) is 9.97 Å². The number of hydrogen-bond acceptors (Lipinski definition) is 6. The van der Waals surface area contributed by atoms with Crippen LogP contribution in [0.5, 0.6) is 0 Å². The second-order valence-corrected chi connectivity index (χ2v) is 4.05. The van der Waals surface area contributed by atoms with Crippen molar-refractivity contribution in [2.45, 2.75) is 0 Å². The van der Waals surface area contributed by atoms with E-state index >= 15 is 0 Å². The third-order valence-corrected chi connectivity index (χ3v) is 2.35. The van der Waals surface area contributed by atoms with Gasteiger partial charge < -0.3 is 10.6 Å². The van der Waals surface area contributed by atoms with Gasteiger partial charge in [0.15, 0.2) is 11.5 Å². The number of nitrogen functional groups attached to an aromatic ring is 1. The number of nitrogens with zero attached hydrogens (tertiary/aromatic N) is 4. The first kappa shape index (κ1) is 12.7. The molecule has 2 rings (SSSR count). The molecule has 0 saturated carbocycles. The van der Waals surface area contributed by atoms with E-state index in [4.69, 9.17) is 5.73 Å². The van der Waals surface area contributed by atoms with E-state index in [1.165, 1.54) is 0 Å². The molecular weight excluding hydrogens is 244 g/mol. The van der Waals surface area contributed by atoms with Crippen molar-refractivity contribution in [1.29, 1.82) is 0 Å². The Labute approximate surface area is 109 Å². The van der Waals surface area contributed by atoms with Gasteiger partial charge >= 0.3 is 0 Å². The van der Waals surface area contributed by atoms with E-state index < -0.39 is 5.56 Å². The summed E-state index contributed by atoms with van der Waals surface area (Å²) in [5, 5.41) is 7.80. The van der Waals surface area contributed by atoms with Crippen LogP contribution in [-0.2, 0) is 0 Å². The Balaban J connectivity index is 2.37. The molecule has 1 heterocycles. The van der Waals surface area contributed by atoms with Gasteiger partial charge in [0.2, 0.25) is 5.95 Å². The number of benzene rings is 1. The van der Waals surface area contributed by atoms with Crippen molar-refractivity contribution < 1.29 is 0 Å². The maximum Gasteiger partial charge on any atom is 0.282 e. The molecule has 0 radical (unpaired) electrons. The van der Waals surface area contributed by atoms with Gasteiger partial charge in [0, 0.05) is 14.1 Å². The zero-order chi connectivity index (χ0) is 13.8. The molecule has 0 amide bonds. The van der Waals surface area contributed by atoms with Crippen molar-refractivity contribution in [3.8, 4) is 0 Å². The summed E-state index contributed by atoms with van der Waals surface area (Å²) in [6.45, 7) is 0. The van der Waals surface area contributed by atoms with Crippen LogP contribution in [0.25, 0.3) is 0 Å². The molecule has 0 fully saturated rings. The van der Waals surface area contributed by atoms with Crippen LogP contribution in [0, 0.1) is 0 Å². The number of aromatic amines is 1. The van der Waals surface area contributed by atoms with E-state index in [2.05, 4.69) is 20.2 Å². The lowest BCUT2D eigenvalue weighted by atomic mass is 10.3. The molecule has 1 aromatic carbocycles. The number of anilines is 2. The van der Waals surface area contributed by atoms with Crippen LogP contribution in [0.3, 0.4) is 0 Å². The molecule has 0 aliphatic rings. The molecule has 0 aliphatic heterocycles. The molecule has 0 atom stereocenters. The van der Waals surface area contributed by atoms with E-state index in [1.807, 2.05) is 18.2 Å². The molecule has 0 aliphatic carbocycles. The van der Waals surface area contributed by atoms with Crippen LogP contribution in [-0.4, -0.2) is 24.1 Å². The van der Waals surface area contributed by atoms with E-state index in [-0.39, 0.29) is 11.5 Å². The minimum atomic E-state index is -0.420. The maximum atomic E-state index is 11.8. The number of nitrogens with two attached hydrogens (primary N) is 1. The van der Waals surface area contributed by atoms with Gasteiger partial charge in [-0.1, -0.05) is 18.2 Å². The van der Waals surface area contributed by atoms with Gasteiger partial charge in [-0.25, -0.2) is 0 Å². The molecule has 1 aromatic heterocycles. The van der Waals surface area contributed by atoms with Gasteiger partial charge in [-0.3, -0.25) is 9.78 Å². The third-order valence-electron chi connectivity index (χ3n) is 2.35. The molecule has 19 heavy (non-hydrogen) atoms. The van der Waals surface area contributed by atoms with Crippen LogP contribution in [0.4, 0.5) is 23.1 Å². The van der Waals surface area contributed by atoms with Gasteiger partial charge in [0.05, 0.1) is 5.69 Å².